The molecular formula is C19H20CuN4O2S2. The number of carbonyl (C=O) groups is 2. The van der Waals surface area contributed by atoms with Crippen molar-refractivity contribution >= 4 is 46.2 Å². The van der Waals surface area contributed by atoms with Crippen molar-refractivity contribution in [1.29, 1.82) is 0 Å². The fourth-order valence-corrected chi connectivity index (χ4v) is 2.61. The quantitative estimate of drug-likeness (QED) is 0.313. The van der Waals surface area contributed by atoms with Gasteiger partial charge in [0.15, 0.2) is 0 Å². The zero-order valence-corrected chi connectivity index (χ0v) is 17.9. The van der Waals surface area contributed by atoms with E-state index < -0.39 is 11.8 Å². The first-order chi connectivity index (χ1) is 12.9. The molecule has 0 bridgehead atoms. The molecule has 28 heavy (non-hydrogen) atoms. The minimum absolute atomic E-state index is 0. The van der Waals surface area contributed by atoms with Crippen molar-refractivity contribution in [3.63, 3.8) is 0 Å². The van der Waals surface area contributed by atoms with E-state index in [-0.39, 0.29) is 23.5 Å². The van der Waals surface area contributed by atoms with Gasteiger partial charge in [0.1, 0.15) is 16.4 Å². The van der Waals surface area contributed by atoms with Gasteiger partial charge >= 0.3 is 0 Å². The standard InChI is InChI=1S/C19H20N4O2S2.Cu/c1-22(18(26)14-9-5-3-6-10-14)20-16(24)13-17(25)21-23(2)19(27)15-11-7-4-8-12-15;/h3-12H,13H2,1-2H3,(H,20,24)(H,21,25);. The van der Waals surface area contributed by atoms with E-state index in [1.54, 1.807) is 14.1 Å². The van der Waals surface area contributed by atoms with Gasteiger partial charge in [-0.15, -0.1) is 0 Å². The van der Waals surface area contributed by atoms with Crippen molar-refractivity contribution in [3.05, 3.63) is 71.8 Å². The molecule has 0 aromatic heterocycles. The zero-order chi connectivity index (χ0) is 19.8. The Morgan fingerprint density at radius 2 is 1.07 bits per heavy atom. The van der Waals surface area contributed by atoms with Crippen LogP contribution in [0.15, 0.2) is 60.7 Å². The van der Waals surface area contributed by atoms with Gasteiger partial charge in [-0.2, -0.15) is 0 Å². The first-order valence-corrected chi connectivity index (χ1v) is 8.95. The van der Waals surface area contributed by atoms with Gasteiger partial charge in [-0.05, 0) is 0 Å². The smallest absolute Gasteiger partial charge is 0.248 e. The summed E-state index contributed by atoms with van der Waals surface area (Å²) in [7, 11) is 3.25. The van der Waals surface area contributed by atoms with Crippen LogP contribution in [-0.2, 0) is 26.7 Å². The molecule has 1 radical (unpaired) electrons. The zero-order valence-electron chi connectivity index (χ0n) is 15.3. The molecule has 2 aromatic carbocycles. The molecule has 0 aliphatic rings. The van der Waals surface area contributed by atoms with Crippen LogP contribution in [0.2, 0.25) is 0 Å². The first kappa shape index (κ1) is 23.7. The van der Waals surface area contributed by atoms with Gasteiger partial charge in [0, 0.05) is 42.3 Å². The summed E-state index contributed by atoms with van der Waals surface area (Å²) in [4.78, 5) is 25.1. The second-order valence-corrected chi connectivity index (χ2v) is 6.48. The summed E-state index contributed by atoms with van der Waals surface area (Å²) in [5.74, 6) is -0.959. The van der Waals surface area contributed by atoms with Gasteiger partial charge in [0.05, 0.1) is 0 Å². The Morgan fingerprint density at radius 1 is 0.750 bits per heavy atom. The van der Waals surface area contributed by atoms with Crippen LogP contribution in [-0.4, -0.2) is 45.9 Å². The Morgan fingerprint density at radius 3 is 1.39 bits per heavy atom. The Hall–Kier alpha value is -2.32. The number of hydrazine groups is 2. The van der Waals surface area contributed by atoms with E-state index in [2.05, 4.69) is 10.9 Å². The second kappa shape index (κ2) is 11.5. The third kappa shape index (κ3) is 7.01. The van der Waals surface area contributed by atoms with Gasteiger partial charge in [-0.25, -0.2) is 0 Å². The van der Waals surface area contributed by atoms with Gasteiger partial charge < -0.3 is 0 Å². The van der Waals surface area contributed by atoms with Crippen LogP contribution in [0.3, 0.4) is 0 Å². The number of amides is 2. The summed E-state index contributed by atoms with van der Waals surface area (Å²) < 4.78 is 0. The van der Waals surface area contributed by atoms with Crippen molar-refractivity contribution < 1.29 is 26.7 Å². The molecule has 6 nitrogen and oxygen atoms in total. The number of carbonyl (C=O) groups excluding carboxylic acids is 2. The molecular weight excluding hydrogens is 444 g/mol. The van der Waals surface area contributed by atoms with E-state index in [1.807, 2.05) is 60.7 Å². The van der Waals surface area contributed by atoms with E-state index in [9.17, 15) is 9.59 Å². The number of benzene rings is 2. The maximum Gasteiger partial charge on any atom is 0.248 e. The monoisotopic (exact) mass is 463 g/mol. The van der Waals surface area contributed by atoms with E-state index in [4.69, 9.17) is 24.4 Å². The topological polar surface area (TPSA) is 64.7 Å². The van der Waals surface area contributed by atoms with Crippen molar-refractivity contribution in [2.75, 3.05) is 14.1 Å². The summed E-state index contributed by atoms with van der Waals surface area (Å²) in [5.41, 5.74) is 6.77. The van der Waals surface area contributed by atoms with Crippen molar-refractivity contribution in [2.45, 2.75) is 6.42 Å². The van der Waals surface area contributed by atoms with E-state index in [0.717, 1.165) is 11.1 Å². The average Bonchev–Trinajstić information content (AvgIpc) is 2.67. The molecule has 2 amide bonds. The van der Waals surface area contributed by atoms with Crippen molar-refractivity contribution in [1.82, 2.24) is 20.9 Å². The van der Waals surface area contributed by atoms with Crippen LogP contribution >= 0.6 is 24.4 Å². The Balaban J connectivity index is 0.00000392. The van der Waals surface area contributed by atoms with Crippen molar-refractivity contribution in [3.8, 4) is 0 Å². The van der Waals surface area contributed by atoms with Gasteiger partial charge in [-0.1, -0.05) is 85.1 Å². The Labute approximate surface area is 185 Å². The van der Waals surface area contributed by atoms with E-state index in [0.29, 0.717) is 9.98 Å². The van der Waals surface area contributed by atoms with Crippen LogP contribution in [0.1, 0.15) is 17.5 Å². The minimum Gasteiger partial charge on any atom is -0.277 e. The summed E-state index contributed by atoms with van der Waals surface area (Å²) >= 11 is 10.6. The third-order valence-corrected chi connectivity index (χ3v) is 4.58. The summed E-state index contributed by atoms with van der Waals surface area (Å²) in [6, 6.07) is 18.6. The molecule has 9 heteroatoms. The molecule has 0 spiro atoms. The number of rotatable bonds is 4. The summed E-state index contributed by atoms with van der Waals surface area (Å²) in [6.45, 7) is 0. The molecule has 151 valence electrons. The second-order valence-electron chi connectivity index (χ2n) is 5.71. The number of hydrogen-bond acceptors (Lipinski definition) is 4. The minimum atomic E-state index is -0.479. The van der Waals surface area contributed by atoms with Crippen molar-refractivity contribution in [2.24, 2.45) is 0 Å². The number of nitrogens with zero attached hydrogens (tertiary/aromatic N) is 2. The molecule has 0 unspecified atom stereocenters. The SMILES string of the molecule is CN(NC(=O)CC(=O)NN(C)C(=S)c1ccccc1)C(=S)c1ccccc1.[Cu]. The Bertz CT molecular complexity index is 765. The molecule has 2 N–H and O–H groups in total. The number of nitrogens with one attached hydrogen (secondary N) is 2. The van der Waals surface area contributed by atoms with Crippen LogP contribution in [0.4, 0.5) is 0 Å². The average molecular weight is 464 g/mol. The molecule has 2 rings (SSSR count). The molecule has 0 heterocycles. The van der Waals surface area contributed by atoms with E-state index in [1.165, 1.54) is 10.0 Å². The van der Waals surface area contributed by atoms with Crippen LogP contribution in [0.5, 0.6) is 0 Å². The Kier molecular flexibility index (Phi) is 9.75. The fourth-order valence-electron chi connectivity index (χ4n) is 2.25. The molecule has 0 aliphatic carbocycles. The molecule has 0 saturated heterocycles. The van der Waals surface area contributed by atoms with Crippen LogP contribution in [0, 0.1) is 0 Å². The van der Waals surface area contributed by atoms with Gasteiger partial charge in [0.25, 0.3) is 0 Å². The number of hydrogen-bond donors (Lipinski definition) is 2. The molecule has 0 atom stereocenters. The maximum atomic E-state index is 12.1. The van der Waals surface area contributed by atoms with Gasteiger partial charge in [-0.3, -0.25) is 30.5 Å². The summed E-state index contributed by atoms with van der Waals surface area (Å²) in [5, 5.41) is 2.83. The maximum absolute atomic E-state index is 12.1. The number of thiocarbonyl (C=S) groups is 2. The molecule has 2 aromatic rings. The van der Waals surface area contributed by atoms with E-state index >= 15 is 0 Å². The summed E-state index contributed by atoms with van der Waals surface area (Å²) in [6.07, 6.45) is -0.358. The van der Waals surface area contributed by atoms with Crippen LogP contribution < -0.4 is 10.9 Å². The third-order valence-electron chi connectivity index (χ3n) is 3.56. The predicted octanol–water partition coefficient (Wildman–Crippen LogP) is 2.05. The normalized spacial score (nSPS) is 9.50. The van der Waals surface area contributed by atoms with Gasteiger partial charge in [0.2, 0.25) is 11.8 Å². The molecule has 0 saturated carbocycles. The first-order valence-electron chi connectivity index (χ1n) is 8.13. The molecule has 0 fully saturated rings. The predicted molar refractivity (Wildman–Crippen MR) is 113 cm³/mol. The fraction of sp³-hybridized carbons (Fsp3) is 0.158. The molecule has 0 aliphatic heterocycles. The largest absolute Gasteiger partial charge is 0.277 e. The van der Waals surface area contributed by atoms with Crippen LogP contribution in [0.25, 0.3) is 0 Å².